The molecule has 0 aromatic heterocycles. The first-order valence-electron chi connectivity index (χ1n) is 12.5. The fraction of sp³-hybridized carbons (Fsp3) is 0.552. The summed E-state index contributed by atoms with van der Waals surface area (Å²) in [4.78, 5) is 14.6. The molecule has 0 fully saturated rings. The van der Waals surface area contributed by atoms with Gasteiger partial charge in [0.25, 0.3) is 0 Å². The summed E-state index contributed by atoms with van der Waals surface area (Å²) < 4.78 is 0. The van der Waals surface area contributed by atoms with E-state index in [2.05, 4.69) is 94.4 Å². The Bertz CT molecular complexity index is 841. The van der Waals surface area contributed by atoms with Crippen LogP contribution in [0.3, 0.4) is 0 Å². The highest BCUT2D eigenvalue weighted by Crippen LogP contribution is 2.27. The maximum absolute atomic E-state index is 12.5. The average Bonchev–Trinajstić information content (AvgIpc) is 2.76. The van der Waals surface area contributed by atoms with Crippen molar-refractivity contribution in [2.75, 3.05) is 36.8 Å². The van der Waals surface area contributed by atoms with Crippen molar-refractivity contribution in [1.82, 2.24) is 4.90 Å². The molecule has 0 unspecified atom stereocenters. The molecule has 184 valence electrons. The average molecular weight is 454 g/mol. The highest BCUT2D eigenvalue weighted by atomic mass is 16.2. The molecule has 0 aliphatic carbocycles. The number of benzene rings is 1. The second kappa shape index (κ2) is 15.5. The van der Waals surface area contributed by atoms with Crippen molar-refractivity contribution in [3.63, 3.8) is 0 Å². The topological polar surface area (TPSA) is 44.4 Å². The molecule has 0 atom stereocenters. The molecule has 33 heavy (non-hydrogen) atoms. The molecule has 0 heterocycles. The van der Waals surface area contributed by atoms with E-state index < -0.39 is 0 Å². The highest BCUT2D eigenvalue weighted by molar-refractivity contribution is 5.94. The molecule has 1 rings (SSSR count). The lowest BCUT2D eigenvalue weighted by Gasteiger charge is -2.20. The molecule has 2 N–H and O–H groups in total. The first kappa shape index (κ1) is 28.7. The largest absolute Gasteiger partial charge is 0.381 e. The van der Waals surface area contributed by atoms with E-state index in [9.17, 15) is 4.79 Å². The van der Waals surface area contributed by atoms with Gasteiger partial charge in [0.05, 0.1) is 6.54 Å². The van der Waals surface area contributed by atoms with Crippen LogP contribution in [0, 0.1) is 13.8 Å². The maximum Gasteiger partial charge on any atom is 0.238 e. The van der Waals surface area contributed by atoms with Gasteiger partial charge in [0.1, 0.15) is 0 Å². The molecule has 1 amide bonds. The van der Waals surface area contributed by atoms with Crippen molar-refractivity contribution >= 4 is 17.3 Å². The van der Waals surface area contributed by atoms with Gasteiger partial charge in [-0.05, 0) is 97.5 Å². The van der Waals surface area contributed by atoms with Crippen molar-refractivity contribution in [3.8, 4) is 0 Å². The van der Waals surface area contributed by atoms with E-state index in [4.69, 9.17) is 0 Å². The molecule has 0 saturated heterocycles. The SMILES string of the molecule is CCN(CC)CC(=O)Nc1c(C)ccc(NCC=C(C)CCC=C(C)CCC=C(C)C)c1C. The number of hydrogen-bond donors (Lipinski definition) is 2. The van der Waals surface area contributed by atoms with Gasteiger partial charge in [-0.25, -0.2) is 0 Å². The molecule has 0 bridgehead atoms. The Kier molecular flexibility index (Phi) is 13.5. The van der Waals surface area contributed by atoms with Crippen LogP contribution in [-0.4, -0.2) is 37.0 Å². The molecule has 1 aromatic rings. The Morgan fingerprint density at radius 2 is 1.52 bits per heavy atom. The molecule has 4 nitrogen and oxygen atoms in total. The monoisotopic (exact) mass is 453 g/mol. The van der Waals surface area contributed by atoms with E-state index in [1.54, 1.807) is 0 Å². The minimum atomic E-state index is 0.0435. The number of allylic oxidation sites excluding steroid dienone is 5. The number of amides is 1. The lowest BCUT2D eigenvalue weighted by Crippen LogP contribution is -2.33. The first-order valence-corrected chi connectivity index (χ1v) is 12.5. The van der Waals surface area contributed by atoms with Gasteiger partial charge in [0, 0.05) is 17.9 Å². The first-order chi connectivity index (χ1) is 15.7. The third kappa shape index (κ3) is 11.4. The van der Waals surface area contributed by atoms with Gasteiger partial charge in [-0.3, -0.25) is 9.69 Å². The third-order valence-electron chi connectivity index (χ3n) is 6.07. The van der Waals surface area contributed by atoms with Crippen LogP contribution in [-0.2, 0) is 4.79 Å². The number of nitrogens with zero attached hydrogens (tertiary/aromatic N) is 1. The standard InChI is InChI=1S/C29H47N3O/c1-9-32(10-2)21-28(33)31-29-25(7)17-18-27(26(29)8)30-20-19-24(6)16-12-15-23(5)14-11-13-22(3)4/h13,15,17-19,30H,9-12,14,16,20-21H2,1-8H3,(H,31,33). The van der Waals surface area contributed by atoms with Crippen molar-refractivity contribution in [2.24, 2.45) is 0 Å². The molecular formula is C29H47N3O. The Labute approximate surface area is 203 Å². The summed E-state index contributed by atoms with van der Waals surface area (Å²) in [6.07, 6.45) is 11.4. The summed E-state index contributed by atoms with van der Waals surface area (Å²) in [5, 5.41) is 6.66. The summed E-state index contributed by atoms with van der Waals surface area (Å²) in [6.45, 7) is 20.0. The fourth-order valence-electron chi connectivity index (χ4n) is 3.73. The van der Waals surface area contributed by atoms with Crippen molar-refractivity contribution in [2.45, 2.75) is 81.1 Å². The van der Waals surface area contributed by atoms with E-state index in [1.165, 1.54) is 16.7 Å². The van der Waals surface area contributed by atoms with Gasteiger partial charge < -0.3 is 10.6 Å². The lowest BCUT2D eigenvalue weighted by atomic mass is 10.1. The highest BCUT2D eigenvalue weighted by Gasteiger charge is 2.12. The Morgan fingerprint density at radius 3 is 2.12 bits per heavy atom. The van der Waals surface area contributed by atoms with Gasteiger partial charge in [-0.1, -0.05) is 54.9 Å². The molecule has 4 heteroatoms. The second-order valence-electron chi connectivity index (χ2n) is 9.28. The van der Waals surface area contributed by atoms with E-state index in [0.717, 1.165) is 67.8 Å². The Balaban J connectivity index is 2.61. The molecule has 0 aliphatic rings. The predicted octanol–water partition coefficient (Wildman–Crippen LogP) is 7.41. The van der Waals surface area contributed by atoms with E-state index in [1.807, 2.05) is 6.92 Å². The van der Waals surface area contributed by atoms with Crippen LogP contribution >= 0.6 is 0 Å². The molecule has 0 spiro atoms. The maximum atomic E-state index is 12.5. The van der Waals surface area contributed by atoms with Crippen LogP contribution in [0.2, 0.25) is 0 Å². The zero-order valence-electron chi connectivity index (χ0n) is 22.4. The van der Waals surface area contributed by atoms with Gasteiger partial charge in [0.2, 0.25) is 5.91 Å². The predicted molar refractivity (Wildman–Crippen MR) is 146 cm³/mol. The molecule has 0 radical (unpaired) electrons. The number of likely N-dealkylation sites (N-methyl/N-ethyl adjacent to an activating group) is 1. The Morgan fingerprint density at radius 1 is 0.909 bits per heavy atom. The Hall–Kier alpha value is -2.33. The normalized spacial score (nSPS) is 12.2. The fourth-order valence-corrected chi connectivity index (χ4v) is 3.73. The van der Waals surface area contributed by atoms with Crippen LogP contribution in [0.5, 0.6) is 0 Å². The van der Waals surface area contributed by atoms with Gasteiger partial charge in [0.15, 0.2) is 0 Å². The number of rotatable bonds is 14. The summed E-state index contributed by atoms with van der Waals surface area (Å²) in [5.74, 6) is 0.0435. The number of hydrogen-bond acceptors (Lipinski definition) is 3. The molecule has 1 aromatic carbocycles. The zero-order chi connectivity index (χ0) is 24.8. The minimum absolute atomic E-state index is 0.0435. The van der Waals surface area contributed by atoms with Crippen molar-refractivity contribution in [1.29, 1.82) is 0 Å². The van der Waals surface area contributed by atoms with Crippen LogP contribution in [0.1, 0.15) is 78.4 Å². The minimum Gasteiger partial charge on any atom is -0.381 e. The van der Waals surface area contributed by atoms with Gasteiger partial charge in [-0.15, -0.1) is 0 Å². The van der Waals surface area contributed by atoms with Gasteiger partial charge >= 0.3 is 0 Å². The summed E-state index contributed by atoms with van der Waals surface area (Å²) >= 11 is 0. The number of nitrogens with one attached hydrogen (secondary N) is 2. The van der Waals surface area contributed by atoms with Crippen molar-refractivity contribution < 1.29 is 4.79 Å². The molecule has 0 aliphatic heterocycles. The number of aryl methyl sites for hydroxylation is 1. The summed E-state index contributed by atoms with van der Waals surface area (Å²) in [5.41, 5.74) is 8.43. The summed E-state index contributed by atoms with van der Waals surface area (Å²) in [7, 11) is 0. The number of carbonyl (C=O) groups excluding carboxylic acids is 1. The van der Waals surface area contributed by atoms with Crippen LogP contribution < -0.4 is 10.6 Å². The second-order valence-corrected chi connectivity index (χ2v) is 9.28. The molecule has 0 saturated carbocycles. The zero-order valence-corrected chi connectivity index (χ0v) is 22.4. The van der Waals surface area contributed by atoms with E-state index in [-0.39, 0.29) is 5.91 Å². The quantitative estimate of drug-likeness (QED) is 0.288. The van der Waals surface area contributed by atoms with Crippen LogP contribution in [0.15, 0.2) is 47.1 Å². The van der Waals surface area contributed by atoms with Crippen molar-refractivity contribution in [3.05, 3.63) is 58.2 Å². The third-order valence-corrected chi connectivity index (χ3v) is 6.07. The smallest absolute Gasteiger partial charge is 0.238 e. The molecular weight excluding hydrogens is 406 g/mol. The lowest BCUT2D eigenvalue weighted by molar-refractivity contribution is -0.117. The van der Waals surface area contributed by atoms with E-state index >= 15 is 0 Å². The van der Waals surface area contributed by atoms with Crippen LogP contribution in [0.4, 0.5) is 11.4 Å². The van der Waals surface area contributed by atoms with Crippen LogP contribution in [0.25, 0.3) is 0 Å². The van der Waals surface area contributed by atoms with E-state index in [0.29, 0.717) is 6.54 Å². The number of carbonyl (C=O) groups is 1. The van der Waals surface area contributed by atoms with Gasteiger partial charge in [-0.2, -0.15) is 0 Å². The number of anilines is 2. The summed E-state index contributed by atoms with van der Waals surface area (Å²) in [6, 6.07) is 4.17.